The van der Waals surface area contributed by atoms with Crippen LogP contribution < -0.4 is 20.1 Å². The maximum Gasteiger partial charge on any atom is 0.240 e. The summed E-state index contributed by atoms with van der Waals surface area (Å²) in [5.41, 5.74) is 1.02. The molecule has 0 spiro atoms. The number of thiazole rings is 1. The van der Waals surface area contributed by atoms with Crippen molar-refractivity contribution in [3.8, 4) is 11.5 Å². The lowest BCUT2D eigenvalue weighted by Crippen LogP contribution is -2.45. The largest absolute Gasteiger partial charge is 0.486 e. The number of hydrogen-bond donors (Lipinski definition) is 2. The van der Waals surface area contributed by atoms with Crippen molar-refractivity contribution in [2.24, 2.45) is 0 Å². The Balaban J connectivity index is 1.31. The van der Waals surface area contributed by atoms with E-state index in [0.717, 1.165) is 43.1 Å². The number of piperidine rings is 1. The van der Waals surface area contributed by atoms with Crippen LogP contribution >= 0.6 is 11.3 Å². The van der Waals surface area contributed by atoms with Crippen LogP contribution in [0.25, 0.3) is 0 Å². The van der Waals surface area contributed by atoms with E-state index in [2.05, 4.69) is 20.5 Å². The maximum atomic E-state index is 12.2. The molecule has 2 aliphatic rings. The highest BCUT2D eigenvalue weighted by Gasteiger charge is 2.22. The summed E-state index contributed by atoms with van der Waals surface area (Å²) in [4.78, 5) is 18.4. The molecule has 0 saturated carbocycles. The Morgan fingerprint density at radius 1 is 1.31 bits per heavy atom. The van der Waals surface area contributed by atoms with Gasteiger partial charge in [-0.15, -0.1) is 11.3 Å². The first-order valence-electron chi connectivity index (χ1n) is 8.84. The molecule has 1 aromatic heterocycles. The number of benzene rings is 1. The van der Waals surface area contributed by atoms with Gasteiger partial charge in [-0.1, -0.05) is 0 Å². The molecule has 2 aromatic rings. The number of hydrogen-bond acceptors (Lipinski definition) is 7. The Morgan fingerprint density at radius 2 is 2.19 bits per heavy atom. The Kier molecular flexibility index (Phi) is 5.21. The van der Waals surface area contributed by atoms with Crippen LogP contribution in [-0.2, 0) is 4.79 Å². The van der Waals surface area contributed by atoms with Crippen LogP contribution in [-0.4, -0.2) is 54.7 Å². The topological polar surface area (TPSA) is 75.7 Å². The fourth-order valence-electron chi connectivity index (χ4n) is 3.33. The van der Waals surface area contributed by atoms with Crippen molar-refractivity contribution in [1.29, 1.82) is 0 Å². The fourth-order valence-corrected chi connectivity index (χ4v) is 3.88. The summed E-state index contributed by atoms with van der Waals surface area (Å²) < 4.78 is 11.2. The zero-order valence-corrected chi connectivity index (χ0v) is 15.3. The normalized spacial score (nSPS) is 19.8. The van der Waals surface area contributed by atoms with Crippen LogP contribution in [0, 0.1) is 0 Å². The minimum absolute atomic E-state index is 0.0140. The van der Waals surface area contributed by atoms with E-state index in [1.54, 1.807) is 6.20 Å². The number of fused-ring (bicyclic) bond motifs is 1. The van der Waals surface area contributed by atoms with Gasteiger partial charge in [0.25, 0.3) is 0 Å². The van der Waals surface area contributed by atoms with Crippen molar-refractivity contribution in [3.05, 3.63) is 29.8 Å². The van der Waals surface area contributed by atoms with Gasteiger partial charge in [0.1, 0.15) is 13.2 Å². The van der Waals surface area contributed by atoms with Crippen LogP contribution in [0.1, 0.15) is 12.8 Å². The quantitative estimate of drug-likeness (QED) is 0.837. The van der Waals surface area contributed by atoms with Gasteiger partial charge in [0, 0.05) is 35.9 Å². The molecule has 8 heteroatoms. The summed E-state index contributed by atoms with van der Waals surface area (Å²) >= 11 is 1.43. The number of anilines is 2. The molecule has 0 unspecified atom stereocenters. The summed E-state index contributed by atoms with van der Waals surface area (Å²) in [6.45, 7) is 3.34. The van der Waals surface area contributed by atoms with Crippen LogP contribution in [0.2, 0.25) is 0 Å². The lowest BCUT2D eigenvalue weighted by molar-refractivity contribution is -0.117. The molecular weight excluding hydrogens is 352 g/mol. The van der Waals surface area contributed by atoms with Crippen LogP contribution in [0.4, 0.5) is 10.8 Å². The van der Waals surface area contributed by atoms with Crippen LogP contribution in [0.15, 0.2) is 29.8 Å². The van der Waals surface area contributed by atoms with E-state index in [4.69, 9.17) is 9.47 Å². The van der Waals surface area contributed by atoms with Gasteiger partial charge in [-0.2, -0.15) is 0 Å². The highest BCUT2D eigenvalue weighted by atomic mass is 32.1. The molecule has 7 nitrogen and oxygen atoms in total. The summed E-state index contributed by atoms with van der Waals surface area (Å²) in [7, 11) is 0. The molecule has 3 heterocycles. The van der Waals surface area contributed by atoms with Gasteiger partial charge in [-0.25, -0.2) is 4.98 Å². The van der Waals surface area contributed by atoms with Crippen molar-refractivity contribution in [2.75, 3.05) is 43.5 Å². The van der Waals surface area contributed by atoms with Gasteiger partial charge in [0.05, 0.1) is 6.54 Å². The second-order valence-electron chi connectivity index (χ2n) is 6.46. The minimum atomic E-state index is -0.0140. The van der Waals surface area contributed by atoms with E-state index >= 15 is 0 Å². The van der Waals surface area contributed by atoms with E-state index in [-0.39, 0.29) is 5.91 Å². The third kappa shape index (κ3) is 4.25. The number of rotatable bonds is 5. The smallest absolute Gasteiger partial charge is 0.240 e. The molecule has 0 aliphatic carbocycles. The monoisotopic (exact) mass is 374 g/mol. The van der Waals surface area contributed by atoms with Crippen molar-refractivity contribution < 1.29 is 14.3 Å². The van der Waals surface area contributed by atoms with Crippen molar-refractivity contribution in [2.45, 2.75) is 18.9 Å². The average Bonchev–Trinajstić information content (AvgIpc) is 3.15. The third-order valence-corrected chi connectivity index (χ3v) is 5.15. The summed E-state index contributed by atoms with van der Waals surface area (Å²) in [5.74, 6) is 1.57. The Hall–Kier alpha value is -2.32. The summed E-state index contributed by atoms with van der Waals surface area (Å²) in [6, 6.07) is 6.25. The number of carbonyl (C=O) groups is 1. The van der Waals surface area contributed by atoms with Crippen molar-refractivity contribution in [3.63, 3.8) is 0 Å². The van der Waals surface area contributed by atoms with E-state index in [0.29, 0.717) is 30.9 Å². The fraction of sp³-hybridized carbons (Fsp3) is 0.444. The second-order valence-corrected chi connectivity index (χ2v) is 7.36. The van der Waals surface area contributed by atoms with Gasteiger partial charge in [-0.05, 0) is 31.5 Å². The number of aromatic nitrogens is 1. The molecule has 0 bridgehead atoms. The third-order valence-electron chi connectivity index (χ3n) is 4.46. The standard InChI is InChI=1S/C18H22N4O3S/c23-17(21-18-19-5-9-26-18)12-22-6-1-2-14(11-22)20-13-3-4-15-16(10-13)25-8-7-24-15/h3-5,9-10,14,20H,1-2,6-8,11-12H2,(H,19,21,23)/t14-/m0/s1. The first-order valence-corrected chi connectivity index (χ1v) is 9.72. The molecule has 1 fully saturated rings. The molecule has 1 saturated heterocycles. The van der Waals surface area contributed by atoms with E-state index in [9.17, 15) is 4.79 Å². The minimum Gasteiger partial charge on any atom is -0.486 e. The molecule has 26 heavy (non-hydrogen) atoms. The Labute approximate surface area is 156 Å². The number of ether oxygens (including phenoxy) is 2. The lowest BCUT2D eigenvalue weighted by atomic mass is 10.1. The van der Waals surface area contributed by atoms with E-state index in [1.165, 1.54) is 11.3 Å². The van der Waals surface area contributed by atoms with Crippen LogP contribution in [0.3, 0.4) is 0 Å². The zero-order chi connectivity index (χ0) is 17.8. The summed E-state index contributed by atoms with van der Waals surface area (Å²) in [5, 5.41) is 8.91. The molecule has 1 amide bonds. The molecule has 2 aliphatic heterocycles. The van der Waals surface area contributed by atoms with Gasteiger partial charge in [-0.3, -0.25) is 9.69 Å². The molecule has 0 radical (unpaired) electrons. The summed E-state index contributed by atoms with van der Waals surface area (Å²) in [6.07, 6.45) is 3.83. The Bertz CT molecular complexity index is 753. The molecule has 2 N–H and O–H groups in total. The average molecular weight is 374 g/mol. The molecule has 1 atom stereocenters. The first kappa shape index (κ1) is 17.1. The van der Waals surface area contributed by atoms with E-state index < -0.39 is 0 Å². The first-order chi connectivity index (χ1) is 12.8. The molecule has 4 rings (SSSR count). The number of likely N-dealkylation sites (tertiary alicyclic amines) is 1. The zero-order valence-electron chi connectivity index (χ0n) is 14.4. The molecule has 1 aromatic carbocycles. The number of nitrogens with zero attached hydrogens (tertiary/aromatic N) is 2. The molecule has 138 valence electrons. The lowest BCUT2D eigenvalue weighted by Gasteiger charge is -2.33. The van der Waals surface area contributed by atoms with Gasteiger partial charge >= 0.3 is 0 Å². The Morgan fingerprint density at radius 3 is 3.04 bits per heavy atom. The van der Waals surface area contributed by atoms with Gasteiger partial charge in [0.2, 0.25) is 5.91 Å². The predicted octanol–water partition coefficient (Wildman–Crippen LogP) is 2.43. The SMILES string of the molecule is O=C(CN1CCC[C@H](Nc2ccc3c(c2)OCCO3)C1)Nc1nccs1. The van der Waals surface area contributed by atoms with E-state index in [1.807, 2.05) is 23.6 Å². The number of amides is 1. The van der Waals surface area contributed by atoms with Crippen molar-refractivity contribution in [1.82, 2.24) is 9.88 Å². The van der Waals surface area contributed by atoms with Gasteiger partial charge in [0.15, 0.2) is 16.6 Å². The highest BCUT2D eigenvalue weighted by molar-refractivity contribution is 7.13. The van der Waals surface area contributed by atoms with Gasteiger partial charge < -0.3 is 20.1 Å². The van der Waals surface area contributed by atoms with Crippen LogP contribution in [0.5, 0.6) is 11.5 Å². The number of nitrogens with one attached hydrogen (secondary N) is 2. The second kappa shape index (κ2) is 7.92. The number of carbonyl (C=O) groups excluding carboxylic acids is 1. The van der Waals surface area contributed by atoms with Crippen molar-refractivity contribution >= 4 is 28.1 Å². The predicted molar refractivity (Wildman–Crippen MR) is 101 cm³/mol. The maximum absolute atomic E-state index is 12.2. The molecular formula is C18H22N4O3S. The highest BCUT2D eigenvalue weighted by Crippen LogP contribution is 2.33.